The molecule has 0 saturated heterocycles. The summed E-state index contributed by atoms with van der Waals surface area (Å²) >= 11 is 2.62. The molecule has 0 aliphatic carbocycles. The second kappa shape index (κ2) is 7.81. The molecule has 0 atom stereocenters. The molecule has 2 N–H and O–H groups in total. The summed E-state index contributed by atoms with van der Waals surface area (Å²) in [6, 6.07) is 11.5. The quantitative estimate of drug-likeness (QED) is 0.484. The molecule has 0 aliphatic heterocycles. The van der Waals surface area contributed by atoms with Crippen LogP contribution in [0.15, 0.2) is 62.5 Å². The largest absolute Gasteiger partial charge is 0.278 e. The third-order valence-corrected chi connectivity index (χ3v) is 7.14. The highest BCUT2D eigenvalue weighted by Gasteiger charge is 2.19. The zero-order chi connectivity index (χ0) is 18.6. The van der Waals surface area contributed by atoms with Gasteiger partial charge in [0, 0.05) is 4.88 Å². The molecule has 0 saturated carbocycles. The molecule has 3 aromatic rings. The number of amides is 1. The van der Waals surface area contributed by atoms with E-state index >= 15 is 0 Å². The maximum atomic E-state index is 12.4. The fourth-order valence-electron chi connectivity index (χ4n) is 2.11. The molecular weight excluding hydrogens is 390 g/mol. The average Bonchev–Trinajstić information content (AvgIpc) is 3.28. The highest BCUT2D eigenvalue weighted by atomic mass is 32.2. The summed E-state index contributed by atoms with van der Waals surface area (Å²) in [7, 11) is -3.74. The number of hydrazone groups is 1. The van der Waals surface area contributed by atoms with E-state index in [1.165, 1.54) is 29.5 Å². The number of rotatable bonds is 6. The monoisotopic (exact) mass is 405 g/mol. The summed E-state index contributed by atoms with van der Waals surface area (Å²) in [6.07, 6.45) is 1.57. The number of anilines is 1. The predicted octanol–water partition coefficient (Wildman–Crippen LogP) is 3.68. The Morgan fingerprint density at radius 1 is 1.08 bits per heavy atom. The van der Waals surface area contributed by atoms with Crippen molar-refractivity contribution in [1.29, 1.82) is 0 Å². The predicted molar refractivity (Wildman–Crippen MR) is 106 cm³/mol. The first-order chi connectivity index (χ1) is 12.5. The van der Waals surface area contributed by atoms with E-state index < -0.39 is 15.9 Å². The van der Waals surface area contributed by atoms with Gasteiger partial charge in [0.05, 0.1) is 17.5 Å². The molecule has 0 radical (unpaired) electrons. The van der Waals surface area contributed by atoms with Crippen molar-refractivity contribution in [1.82, 2.24) is 5.43 Å². The topological polar surface area (TPSA) is 87.6 Å². The van der Waals surface area contributed by atoms with Crippen molar-refractivity contribution >= 4 is 50.5 Å². The molecule has 1 aromatic carbocycles. The molecule has 0 unspecified atom stereocenters. The first kappa shape index (κ1) is 18.3. The number of benzene rings is 1. The molecule has 134 valence electrons. The lowest BCUT2D eigenvalue weighted by molar-refractivity contribution is 0.0956. The number of para-hydroxylation sites is 1. The van der Waals surface area contributed by atoms with Crippen molar-refractivity contribution in [3.63, 3.8) is 0 Å². The van der Waals surface area contributed by atoms with Crippen LogP contribution in [0.2, 0.25) is 0 Å². The highest BCUT2D eigenvalue weighted by Crippen LogP contribution is 2.22. The molecule has 3 rings (SSSR count). The minimum absolute atomic E-state index is 0.180. The maximum absolute atomic E-state index is 12.4. The smallest absolute Gasteiger partial charge is 0.273 e. The average molecular weight is 406 g/mol. The zero-order valence-corrected chi connectivity index (χ0v) is 16.1. The summed E-state index contributed by atoms with van der Waals surface area (Å²) < 4.78 is 27.4. The summed E-state index contributed by atoms with van der Waals surface area (Å²) in [6.45, 7) is 1.95. The van der Waals surface area contributed by atoms with Gasteiger partial charge in [-0.3, -0.25) is 9.52 Å². The van der Waals surface area contributed by atoms with Crippen molar-refractivity contribution in [3.8, 4) is 0 Å². The van der Waals surface area contributed by atoms with Crippen LogP contribution in [0.3, 0.4) is 0 Å². The van der Waals surface area contributed by atoms with Crippen LogP contribution in [0.5, 0.6) is 0 Å². The van der Waals surface area contributed by atoms with Crippen LogP contribution in [0.4, 0.5) is 5.69 Å². The summed E-state index contributed by atoms with van der Waals surface area (Å²) in [4.78, 5) is 13.3. The van der Waals surface area contributed by atoms with Crippen molar-refractivity contribution in [3.05, 3.63) is 69.2 Å². The van der Waals surface area contributed by atoms with E-state index in [2.05, 4.69) is 15.2 Å². The van der Waals surface area contributed by atoms with Gasteiger partial charge in [-0.25, -0.2) is 13.8 Å². The number of nitrogens with one attached hydrogen (secondary N) is 2. The summed E-state index contributed by atoms with van der Waals surface area (Å²) in [5, 5.41) is 7.56. The van der Waals surface area contributed by atoms with E-state index in [9.17, 15) is 13.2 Å². The number of thiophene rings is 2. The van der Waals surface area contributed by atoms with Crippen molar-refractivity contribution in [2.24, 2.45) is 5.10 Å². The van der Waals surface area contributed by atoms with E-state index in [1.54, 1.807) is 29.8 Å². The molecule has 2 aromatic heterocycles. The standard InChI is InChI=1S/C17H15N3O3S3/c1-12-8-10-24-15(12)11-18-19-17(21)13-5-2-3-6-14(13)20-26(22,23)16-7-4-9-25-16/h2-11,20H,1H3,(H,19,21)/b18-11-. The van der Waals surface area contributed by atoms with Gasteiger partial charge in [0.2, 0.25) is 0 Å². The van der Waals surface area contributed by atoms with Crippen LogP contribution in [0.1, 0.15) is 20.8 Å². The van der Waals surface area contributed by atoms with Crippen molar-refractivity contribution in [2.45, 2.75) is 11.1 Å². The number of aryl methyl sites for hydroxylation is 1. The van der Waals surface area contributed by atoms with Gasteiger partial charge in [0.1, 0.15) is 4.21 Å². The van der Waals surface area contributed by atoms with E-state index in [0.29, 0.717) is 0 Å². The number of hydrogen-bond donors (Lipinski definition) is 2. The Kier molecular flexibility index (Phi) is 5.50. The first-order valence-corrected chi connectivity index (χ1v) is 10.7. The highest BCUT2D eigenvalue weighted by molar-refractivity contribution is 7.94. The lowest BCUT2D eigenvalue weighted by Crippen LogP contribution is -2.21. The van der Waals surface area contributed by atoms with Crippen LogP contribution in [-0.4, -0.2) is 20.5 Å². The molecule has 0 fully saturated rings. The Hall–Kier alpha value is -2.49. The Morgan fingerprint density at radius 2 is 1.88 bits per heavy atom. The molecule has 2 heterocycles. The maximum Gasteiger partial charge on any atom is 0.273 e. The van der Waals surface area contributed by atoms with Gasteiger partial charge >= 0.3 is 0 Å². The number of carbonyl (C=O) groups excluding carboxylic acids is 1. The fraction of sp³-hybridized carbons (Fsp3) is 0.0588. The van der Waals surface area contributed by atoms with Crippen LogP contribution in [0.25, 0.3) is 0 Å². The third-order valence-electron chi connectivity index (χ3n) is 3.43. The first-order valence-electron chi connectivity index (χ1n) is 7.50. The normalized spacial score (nSPS) is 11.6. The van der Waals surface area contributed by atoms with Crippen molar-refractivity contribution in [2.75, 3.05) is 4.72 Å². The van der Waals surface area contributed by atoms with Crippen molar-refractivity contribution < 1.29 is 13.2 Å². The molecule has 0 bridgehead atoms. The minimum Gasteiger partial charge on any atom is -0.278 e. The molecular formula is C17H15N3O3S3. The molecule has 6 nitrogen and oxygen atoms in total. The van der Waals surface area contributed by atoms with E-state index in [4.69, 9.17) is 0 Å². The van der Waals surface area contributed by atoms with Gasteiger partial charge in [-0.1, -0.05) is 18.2 Å². The zero-order valence-electron chi connectivity index (χ0n) is 13.7. The molecule has 1 amide bonds. The van der Waals surface area contributed by atoms with Gasteiger partial charge in [0.25, 0.3) is 15.9 Å². The van der Waals surface area contributed by atoms with Gasteiger partial charge in [-0.2, -0.15) is 5.10 Å². The van der Waals surface area contributed by atoms with Gasteiger partial charge in [-0.15, -0.1) is 22.7 Å². The fourth-order valence-corrected chi connectivity index (χ4v) is 4.97. The lowest BCUT2D eigenvalue weighted by atomic mass is 10.2. The van der Waals surface area contributed by atoms with Gasteiger partial charge in [0.15, 0.2) is 0 Å². The molecule has 0 spiro atoms. The molecule has 0 aliphatic rings. The van der Waals surface area contributed by atoms with Gasteiger partial charge in [-0.05, 0) is 47.5 Å². The summed E-state index contributed by atoms with van der Waals surface area (Å²) in [5.74, 6) is -0.500. The van der Waals surface area contributed by atoms with Crippen LogP contribution in [0, 0.1) is 6.92 Å². The molecule has 9 heteroatoms. The summed E-state index contributed by atoms with van der Waals surface area (Å²) in [5.41, 5.74) is 3.88. The Labute approximate surface area is 159 Å². The number of carbonyl (C=O) groups is 1. The van der Waals surface area contributed by atoms with Crippen LogP contribution >= 0.6 is 22.7 Å². The second-order valence-corrected chi connectivity index (χ2v) is 9.05. The van der Waals surface area contributed by atoms with E-state index in [-0.39, 0.29) is 15.5 Å². The van der Waals surface area contributed by atoms with Crippen LogP contribution < -0.4 is 10.1 Å². The Morgan fingerprint density at radius 3 is 2.58 bits per heavy atom. The number of nitrogens with zero attached hydrogens (tertiary/aromatic N) is 1. The van der Waals surface area contributed by atoms with E-state index in [0.717, 1.165) is 21.8 Å². The minimum atomic E-state index is -3.74. The van der Waals surface area contributed by atoms with Crippen LogP contribution in [-0.2, 0) is 10.0 Å². The Balaban J connectivity index is 1.77. The van der Waals surface area contributed by atoms with Gasteiger partial charge < -0.3 is 0 Å². The van der Waals surface area contributed by atoms with E-state index in [1.807, 2.05) is 18.4 Å². The number of hydrogen-bond acceptors (Lipinski definition) is 6. The lowest BCUT2D eigenvalue weighted by Gasteiger charge is -2.10. The SMILES string of the molecule is Cc1ccsc1/C=N\NC(=O)c1ccccc1NS(=O)(=O)c1cccs1. The second-order valence-electron chi connectivity index (χ2n) is 5.25. The third kappa shape index (κ3) is 4.18. The number of sulfonamides is 1. The Bertz CT molecular complexity index is 1040. The molecule has 26 heavy (non-hydrogen) atoms.